The first kappa shape index (κ1) is 29.2. The summed E-state index contributed by atoms with van der Waals surface area (Å²) in [6.07, 6.45) is 0. The molecule has 0 saturated carbocycles. The molecular formula is C28H32BrN3O5S. The van der Waals surface area contributed by atoms with E-state index in [9.17, 15) is 18.0 Å². The van der Waals surface area contributed by atoms with Gasteiger partial charge in [0.15, 0.2) is 0 Å². The molecule has 0 heterocycles. The largest absolute Gasteiger partial charge is 0.495 e. The van der Waals surface area contributed by atoms with Crippen LogP contribution in [0.2, 0.25) is 0 Å². The Labute approximate surface area is 232 Å². The van der Waals surface area contributed by atoms with Gasteiger partial charge in [-0.3, -0.25) is 13.9 Å². The van der Waals surface area contributed by atoms with E-state index in [0.717, 1.165) is 19.9 Å². The molecule has 0 aliphatic heterocycles. The van der Waals surface area contributed by atoms with Crippen molar-refractivity contribution in [2.75, 3.05) is 24.5 Å². The number of nitrogens with one attached hydrogen (secondary N) is 1. The van der Waals surface area contributed by atoms with Crippen molar-refractivity contribution in [1.29, 1.82) is 0 Å². The molecular weight excluding hydrogens is 570 g/mol. The number of benzene rings is 3. The van der Waals surface area contributed by atoms with Gasteiger partial charge in [-0.25, -0.2) is 8.42 Å². The summed E-state index contributed by atoms with van der Waals surface area (Å²) in [6, 6.07) is 19.6. The summed E-state index contributed by atoms with van der Waals surface area (Å²) in [7, 11) is -2.72. The lowest BCUT2D eigenvalue weighted by Crippen LogP contribution is -2.51. The van der Waals surface area contributed by atoms with E-state index in [2.05, 4.69) is 21.2 Å². The normalized spacial score (nSPS) is 11.9. The van der Waals surface area contributed by atoms with Crippen molar-refractivity contribution in [3.63, 3.8) is 0 Å². The minimum atomic E-state index is -4.17. The van der Waals surface area contributed by atoms with Crippen LogP contribution in [0.25, 0.3) is 0 Å². The Balaban J connectivity index is 2.08. The number of aryl methyl sites for hydroxylation is 1. The van der Waals surface area contributed by atoms with Gasteiger partial charge in [-0.1, -0.05) is 52.3 Å². The standard InChI is InChI=1S/C28H32BrN3O5S/c1-5-30-28(34)21(3)31(18-22-12-14-23(29)15-13-22)27(33)19-32(25-17-20(2)11-16-26(25)37-4)38(35,36)24-9-7-6-8-10-24/h6-17,21H,5,18-19H2,1-4H3,(H,30,34)/t21-/m1/s1. The quantitative estimate of drug-likeness (QED) is 0.349. The molecule has 3 aromatic rings. The van der Waals surface area contributed by atoms with Crippen molar-refractivity contribution in [2.45, 2.75) is 38.3 Å². The molecule has 1 atom stereocenters. The van der Waals surface area contributed by atoms with Crippen LogP contribution in [-0.4, -0.2) is 51.4 Å². The Hall–Kier alpha value is -3.37. The van der Waals surface area contributed by atoms with E-state index >= 15 is 0 Å². The first-order valence-corrected chi connectivity index (χ1v) is 14.4. The van der Waals surface area contributed by atoms with Gasteiger partial charge in [-0.15, -0.1) is 0 Å². The van der Waals surface area contributed by atoms with Crippen LogP contribution in [-0.2, 0) is 26.2 Å². The van der Waals surface area contributed by atoms with Gasteiger partial charge in [0.25, 0.3) is 10.0 Å². The van der Waals surface area contributed by atoms with Crippen molar-refractivity contribution in [1.82, 2.24) is 10.2 Å². The Bertz CT molecular complexity index is 1360. The van der Waals surface area contributed by atoms with E-state index < -0.39 is 28.5 Å². The average Bonchev–Trinajstić information content (AvgIpc) is 2.91. The van der Waals surface area contributed by atoms with E-state index in [1.807, 2.05) is 31.2 Å². The maximum atomic E-state index is 13.9. The van der Waals surface area contributed by atoms with Crippen LogP contribution in [0.3, 0.4) is 0 Å². The van der Waals surface area contributed by atoms with Crippen molar-refractivity contribution in [2.24, 2.45) is 0 Å². The first-order chi connectivity index (χ1) is 18.1. The summed E-state index contributed by atoms with van der Waals surface area (Å²) >= 11 is 3.41. The van der Waals surface area contributed by atoms with E-state index in [1.165, 1.54) is 24.1 Å². The molecule has 0 fully saturated rings. The van der Waals surface area contributed by atoms with Crippen LogP contribution in [0, 0.1) is 6.92 Å². The Kier molecular flexibility index (Phi) is 9.93. The fourth-order valence-electron chi connectivity index (χ4n) is 3.92. The smallest absolute Gasteiger partial charge is 0.264 e. The van der Waals surface area contributed by atoms with Gasteiger partial charge in [0.05, 0.1) is 17.7 Å². The maximum Gasteiger partial charge on any atom is 0.264 e. The molecule has 0 radical (unpaired) electrons. The Morgan fingerprint density at radius 1 is 1.03 bits per heavy atom. The highest BCUT2D eigenvalue weighted by Crippen LogP contribution is 2.33. The lowest BCUT2D eigenvalue weighted by Gasteiger charge is -2.32. The third kappa shape index (κ3) is 6.93. The maximum absolute atomic E-state index is 13.9. The molecule has 3 aromatic carbocycles. The molecule has 0 aliphatic carbocycles. The average molecular weight is 603 g/mol. The minimum Gasteiger partial charge on any atom is -0.495 e. The molecule has 8 nitrogen and oxygen atoms in total. The topological polar surface area (TPSA) is 96.0 Å². The second-order valence-electron chi connectivity index (χ2n) is 8.72. The van der Waals surface area contributed by atoms with Crippen LogP contribution in [0.5, 0.6) is 5.75 Å². The first-order valence-electron chi connectivity index (χ1n) is 12.1. The highest BCUT2D eigenvalue weighted by atomic mass is 79.9. The van der Waals surface area contributed by atoms with Gasteiger partial charge in [0.2, 0.25) is 11.8 Å². The second kappa shape index (κ2) is 12.9. The third-order valence-corrected chi connectivity index (χ3v) is 8.30. The van der Waals surface area contributed by atoms with Crippen LogP contribution in [0.15, 0.2) is 82.2 Å². The zero-order valence-electron chi connectivity index (χ0n) is 21.8. The number of sulfonamides is 1. The van der Waals surface area contributed by atoms with E-state index in [1.54, 1.807) is 50.2 Å². The lowest BCUT2D eigenvalue weighted by molar-refractivity contribution is -0.139. The fourth-order valence-corrected chi connectivity index (χ4v) is 5.62. The van der Waals surface area contributed by atoms with Crippen molar-refractivity contribution in [3.05, 3.63) is 88.4 Å². The van der Waals surface area contributed by atoms with Crippen LogP contribution < -0.4 is 14.4 Å². The van der Waals surface area contributed by atoms with Crippen molar-refractivity contribution >= 4 is 43.5 Å². The number of anilines is 1. The number of amides is 2. The number of carbonyl (C=O) groups excluding carboxylic acids is 2. The van der Waals surface area contributed by atoms with Gasteiger partial charge in [0.1, 0.15) is 18.3 Å². The fraction of sp³-hybridized carbons (Fsp3) is 0.286. The van der Waals surface area contributed by atoms with E-state index in [4.69, 9.17) is 4.74 Å². The van der Waals surface area contributed by atoms with Crippen LogP contribution >= 0.6 is 15.9 Å². The zero-order valence-corrected chi connectivity index (χ0v) is 24.3. The Morgan fingerprint density at radius 2 is 1.68 bits per heavy atom. The van der Waals surface area contributed by atoms with E-state index in [-0.39, 0.29) is 23.0 Å². The van der Waals surface area contributed by atoms with Gasteiger partial charge in [-0.05, 0) is 68.3 Å². The third-order valence-electron chi connectivity index (χ3n) is 6.00. The van der Waals surface area contributed by atoms with E-state index in [0.29, 0.717) is 12.3 Å². The summed E-state index contributed by atoms with van der Waals surface area (Å²) in [5, 5.41) is 2.75. The lowest BCUT2D eigenvalue weighted by atomic mass is 10.1. The summed E-state index contributed by atoms with van der Waals surface area (Å²) < 4.78 is 35.2. The van der Waals surface area contributed by atoms with Gasteiger partial charge in [-0.2, -0.15) is 0 Å². The molecule has 0 saturated heterocycles. The number of halogens is 1. The SMILES string of the molecule is CCNC(=O)[C@@H](C)N(Cc1ccc(Br)cc1)C(=O)CN(c1cc(C)ccc1OC)S(=O)(=O)c1ccccc1. The molecule has 0 unspecified atom stereocenters. The monoisotopic (exact) mass is 601 g/mol. The molecule has 10 heteroatoms. The summed E-state index contributed by atoms with van der Waals surface area (Å²) in [4.78, 5) is 28.1. The van der Waals surface area contributed by atoms with Crippen molar-refractivity contribution in [3.8, 4) is 5.75 Å². The summed E-state index contributed by atoms with van der Waals surface area (Å²) in [5.41, 5.74) is 1.83. The molecule has 0 spiro atoms. The molecule has 0 aliphatic rings. The molecule has 0 aromatic heterocycles. The number of likely N-dealkylation sites (N-methyl/N-ethyl adjacent to an activating group) is 1. The molecule has 0 bridgehead atoms. The van der Waals surface area contributed by atoms with Gasteiger partial charge in [0, 0.05) is 17.6 Å². The summed E-state index contributed by atoms with van der Waals surface area (Å²) in [6.45, 7) is 5.24. The number of nitrogens with zero attached hydrogens (tertiary/aromatic N) is 2. The number of rotatable bonds is 11. The number of hydrogen-bond acceptors (Lipinski definition) is 5. The number of methoxy groups -OCH3 is 1. The highest BCUT2D eigenvalue weighted by Gasteiger charge is 2.33. The zero-order chi connectivity index (χ0) is 27.9. The molecule has 1 N–H and O–H groups in total. The number of carbonyl (C=O) groups is 2. The van der Waals surface area contributed by atoms with Crippen LogP contribution in [0.4, 0.5) is 5.69 Å². The molecule has 38 heavy (non-hydrogen) atoms. The highest BCUT2D eigenvalue weighted by molar-refractivity contribution is 9.10. The predicted octanol–water partition coefficient (Wildman–Crippen LogP) is 4.51. The Morgan fingerprint density at radius 3 is 2.29 bits per heavy atom. The van der Waals surface area contributed by atoms with Gasteiger partial charge < -0.3 is 15.0 Å². The van der Waals surface area contributed by atoms with Crippen molar-refractivity contribution < 1.29 is 22.7 Å². The van der Waals surface area contributed by atoms with Crippen LogP contribution in [0.1, 0.15) is 25.0 Å². The molecule has 2 amide bonds. The molecule has 202 valence electrons. The number of hydrogen-bond donors (Lipinski definition) is 1. The van der Waals surface area contributed by atoms with Gasteiger partial charge >= 0.3 is 0 Å². The second-order valence-corrected chi connectivity index (χ2v) is 11.5. The molecule has 3 rings (SSSR count). The summed E-state index contributed by atoms with van der Waals surface area (Å²) in [5.74, 6) is -0.558. The predicted molar refractivity (Wildman–Crippen MR) is 152 cm³/mol. The number of ether oxygens (including phenoxy) is 1. The minimum absolute atomic E-state index is 0.0348.